The van der Waals surface area contributed by atoms with Crippen LogP contribution in [0.5, 0.6) is 17.2 Å². The number of rotatable bonds is 17. The Morgan fingerprint density at radius 3 is 2.10 bits per heavy atom. The number of ether oxygens (including phenoxy) is 6. The molecule has 1 aliphatic rings. The molecule has 3 aromatic rings. The second kappa shape index (κ2) is 16.8. The second-order valence-corrected chi connectivity index (χ2v) is 13.5. The monoisotopic (exact) mass is 712 g/mol. The van der Waals surface area contributed by atoms with E-state index in [1.807, 2.05) is 50.2 Å². The summed E-state index contributed by atoms with van der Waals surface area (Å²) in [6, 6.07) is 16.2. The van der Waals surface area contributed by atoms with E-state index in [2.05, 4.69) is 54.8 Å². The van der Waals surface area contributed by atoms with E-state index < -0.39 is 0 Å². The predicted molar refractivity (Wildman–Crippen MR) is 171 cm³/mol. The maximum atomic E-state index is 6.23. The lowest BCUT2D eigenvalue weighted by atomic mass is 10.0. The van der Waals surface area contributed by atoms with Gasteiger partial charge in [0, 0.05) is 40.9 Å². The molecule has 0 saturated carbocycles. The summed E-state index contributed by atoms with van der Waals surface area (Å²) in [6.45, 7) is 6.78. The average molecular weight is 715 g/mol. The van der Waals surface area contributed by atoms with Crippen molar-refractivity contribution < 1.29 is 28.4 Å². The van der Waals surface area contributed by atoms with Gasteiger partial charge in [-0.15, -0.1) is 23.1 Å². The molecule has 2 unspecified atom stereocenters. The standard InChI is InChI=1S/C30H34Br2O6S2/c1-3-33-19-37-27-23(17-39-29(27)31)21-11-5-7-13-25(21)35-15-9-10-16-36-26-14-8-6-12-22(26)24-18-40-30(32)28(24)38-20-34-4-2/h5-8,11-14,17-18,27,29H,3-4,9-10,15-16,19-20H2,1-2H3. The summed E-state index contributed by atoms with van der Waals surface area (Å²) in [5, 5.41) is 4.21. The van der Waals surface area contributed by atoms with Gasteiger partial charge in [0.05, 0.1) is 17.4 Å². The summed E-state index contributed by atoms with van der Waals surface area (Å²) >= 11 is 10.6. The first kappa shape index (κ1) is 31.4. The van der Waals surface area contributed by atoms with Gasteiger partial charge in [0.2, 0.25) is 0 Å². The van der Waals surface area contributed by atoms with Crippen molar-refractivity contribution in [2.45, 2.75) is 37.0 Å². The third kappa shape index (κ3) is 8.50. The van der Waals surface area contributed by atoms with Crippen molar-refractivity contribution in [1.82, 2.24) is 0 Å². The van der Waals surface area contributed by atoms with Crippen molar-refractivity contribution in [1.29, 1.82) is 0 Å². The van der Waals surface area contributed by atoms with Crippen LogP contribution in [0.2, 0.25) is 0 Å². The molecular weight excluding hydrogens is 680 g/mol. The number of alkyl halides is 1. The minimum absolute atomic E-state index is 0.108. The van der Waals surface area contributed by atoms with Crippen LogP contribution in [0.15, 0.2) is 63.1 Å². The van der Waals surface area contributed by atoms with Gasteiger partial charge in [0.1, 0.15) is 28.2 Å². The highest BCUT2D eigenvalue weighted by atomic mass is 79.9. The van der Waals surface area contributed by atoms with Crippen LogP contribution in [0.1, 0.15) is 32.3 Å². The normalized spacial score (nSPS) is 16.6. The van der Waals surface area contributed by atoms with Crippen LogP contribution in [0, 0.1) is 0 Å². The van der Waals surface area contributed by atoms with E-state index in [9.17, 15) is 0 Å². The van der Waals surface area contributed by atoms with Crippen molar-refractivity contribution in [2.75, 3.05) is 40.0 Å². The number of benzene rings is 2. The Morgan fingerprint density at radius 1 is 0.775 bits per heavy atom. The molecule has 2 aromatic carbocycles. The lowest BCUT2D eigenvalue weighted by Gasteiger charge is -2.21. The number of halogens is 2. The fourth-order valence-electron chi connectivity index (χ4n) is 4.05. The van der Waals surface area contributed by atoms with Gasteiger partial charge < -0.3 is 28.4 Å². The van der Waals surface area contributed by atoms with Crippen LogP contribution in [-0.2, 0) is 14.2 Å². The van der Waals surface area contributed by atoms with Gasteiger partial charge in [-0.3, -0.25) is 0 Å². The molecule has 4 rings (SSSR count). The molecule has 1 aromatic heterocycles. The first-order chi connectivity index (χ1) is 19.6. The molecule has 0 radical (unpaired) electrons. The Hall–Kier alpha value is -1.53. The van der Waals surface area contributed by atoms with E-state index in [-0.39, 0.29) is 23.8 Å². The van der Waals surface area contributed by atoms with E-state index in [0.29, 0.717) is 26.4 Å². The van der Waals surface area contributed by atoms with Crippen LogP contribution in [0.4, 0.5) is 0 Å². The number of thiophene rings is 1. The van der Waals surface area contributed by atoms with Gasteiger partial charge in [-0.25, -0.2) is 0 Å². The Balaban J connectivity index is 1.30. The summed E-state index contributed by atoms with van der Waals surface area (Å²) in [4.78, 5) is 0. The molecule has 2 atom stereocenters. The van der Waals surface area contributed by atoms with Gasteiger partial charge in [-0.2, -0.15) is 0 Å². The molecule has 0 saturated heterocycles. The van der Waals surface area contributed by atoms with Crippen LogP contribution in [0.25, 0.3) is 16.7 Å². The molecule has 216 valence electrons. The quantitative estimate of drug-likeness (QED) is 0.0787. The maximum absolute atomic E-state index is 6.23. The molecule has 0 amide bonds. The van der Waals surface area contributed by atoms with Crippen LogP contribution < -0.4 is 14.2 Å². The smallest absolute Gasteiger partial charge is 0.189 e. The van der Waals surface area contributed by atoms with Gasteiger partial charge in [-0.05, 0) is 60.2 Å². The number of unbranched alkanes of at least 4 members (excludes halogenated alkanes) is 1. The Morgan fingerprint density at radius 2 is 1.40 bits per heavy atom. The summed E-state index contributed by atoms with van der Waals surface area (Å²) in [5.74, 6) is 2.46. The summed E-state index contributed by atoms with van der Waals surface area (Å²) in [6.07, 6.45) is 1.62. The minimum atomic E-state index is -0.108. The molecule has 0 N–H and O–H groups in total. The number of hydrogen-bond donors (Lipinski definition) is 0. The van der Waals surface area contributed by atoms with E-state index in [1.165, 1.54) is 0 Å². The Bertz CT molecular complexity index is 1230. The SMILES string of the molecule is CCOCOc1c(-c2ccccc2OCCCCOc2ccccc2C2=CSC(Br)C2OCOCC)csc1Br. The number of hydrogen-bond acceptors (Lipinski definition) is 8. The molecule has 0 bridgehead atoms. The Kier molecular flexibility index (Phi) is 13.2. The molecule has 40 heavy (non-hydrogen) atoms. The fourth-order valence-corrected chi connectivity index (χ4v) is 7.05. The van der Waals surface area contributed by atoms with Crippen LogP contribution in [-0.4, -0.2) is 50.3 Å². The highest BCUT2D eigenvalue weighted by molar-refractivity contribution is 9.11. The molecular formula is C30H34Br2O6S2. The largest absolute Gasteiger partial charge is 0.493 e. The third-order valence-corrected chi connectivity index (χ3v) is 9.72. The highest BCUT2D eigenvalue weighted by Crippen LogP contribution is 2.45. The maximum Gasteiger partial charge on any atom is 0.189 e. The molecule has 6 nitrogen and oxygen atoms in total. The second-order valence-electron chi connectivity index (χ2n) is 8.66. The minimum Gasteiger partial charge on any atom is -0.493 e. The molecule has 1 aliphatic heterocycles. The van der Waals surface area contributed by atoms with Crippen LogP contribution >= 0.6 is 55.0 Å². The number of para-hydroxylation sites is 2. The first-order valence-corrected chi connectivity index (χ1v) is 16.8. The van der Waals surface area contributed by atoms with Crippen molar-refractivity contribution in [3.05, 3.63) is 68.7 Å². The fraction of sp³-hybridized carbons (Fsp3) is 0.400. The lowest BCUT2D eigenvalue weighted by Crippen LogP contribution is -2.21. The zero-order valence-electron chi connectivity index (χ0n) is 22.6. The van der Waals surface area contributed by atoms with Crippen LogP contribution in [0.3, 0.4) is 0 Å². The van der Waals surface area contributed by atoms with Gasteiger partial charge in [-0.1, -0.05) is 52.3 Å². The summed E-state index contributed by atoms with van der Waals surface area (Å²) in [5.41, 5.74) is 4.13. The predicted octanol–water partition coefficient (Wildman–Crippen LogP) is 8.98. The third-order valence-electron chi connectivity index (χ3n) is 6.03. The van der Waals surface area contributed by atoms with E-state index in [1.54, 1.807) is 23.1 Å². The molecule has 0 aliphatic carbocycles. The van der Waals surface area contributed by atoms with Crippen molar-refractivity contribution in [3.63, 3.8) is 0 Å². The van der Waals surface area contributed by atoms with Crippen molar-refractivity contribution in [3.8, 4) is 28.4 Å². The Labute approximate surface area is 261 Å². The molecule has 0 fully saturated rings. The first-order valence-electron chi connectivity index (χ1n) is 13.2. The molecule has 10 heteroatoms. The highest BCUT2D eigenvalue weighted by Gasteiger charge is 2.32. The van der Waals surface area contributed by atoms with E-state index in [4.69, 9.17) is 28.4 Å². The van der Waals surface area contributed by atoms with Gasteiger partial charge in [0.15, 0.2) is 12.5 Å². The lowest BCUT2D eigenvalue weighted by molar-refractivity contribution is -0.0633. The van der Waals surface area contributed by atoms with Gasteiger partial charge >= 0.3 is 0 Å². The number of thioether (sulfide) groups is 1. The van der Waals surface area contributed by atoms with E-state index in [0.717, 1.165) is 56.1 Å². The zero-order valence-corrected chi connectivity index (χ0v) is 27.4. The average Bonchev–Trinajstić information content (AvgIpc) is 3.53. The zero-order chi connectivity index (χ0) is 28.2. The van der Waals surface area contributed by atoms with Crippen molar-refractivity contribution >= 4 is 60.5 Å². The van der Waals surface area contributed by atoms with Gasteiger partial charge in [0.25, 0.3) is 0 Å². The van der Waals surface area contributed by atoms with Crippen molar-refractivity contribution in [2.24, 2.45) is 0 Å². The van der Waals surface area contributed by atoms with E-state index >= 15 is 0 Å². The topological polar surface area (TPSA) is 55.4 Å². The molecule has 0 spiro atoms. The summed E-state index contributed by atoms with van der Waals surface area (Å²) in [7, 11) is 0. The molecule has 2 heterocycles. The summed E-state index contributed by atoms with van der Waals surface area (Å²) < 4.78 is 36.2.